The number of aromatic nitrogens is 2. The number of nitrogens with zero attached hydrogens (tertiary/aromatic N) is 1. The van der Waals surface area contributed by atoms with Crippen LogP contribution in [0.5, 0.6) is 0 Å². The third-order valence-electron chi connectivity index (χ3n) is 2.13. The van der Waals surface area contributed by atoms with Crippen LogP contribution >= 0.6 is 11.3 Å². The van der Waals surface area contributed by atoms with Crippen molar-refractivity contribution in [2.45, 2.75) is 12.7 Å². The molecule has 2 aromatic rings. The molecule has 17 heavy (non-hydrogen) atoms. The normalized spacial score (nSPS) is 11.9. The molecule has 0 amide bonds. The van der Waals surface area contributed by atoms with Crippen molar-refractivity contribution < 1.29 is 13.2 Å². The molecular weight excluding hydrogens is 251 g/mol. The molecule has 2 rings (SSSR count). The van der Waals surface area contributed by atoms with Crippen molar-refractivity contribution >= 4 is 11.3 Å². The highest BCUT2D eigenvalue weighted by molar-refractivity contribution is 7.13. The first-order chi connectivity index (χ1) is 8.06. The van der Waals surface area contributed by atoms with Gasteiger partial charge in [0.05, 0.1) is 23.3 Å². The summed E-state index contributed by atoms with van der Waals surface area (Å²) >= 11 is 1.51. The number of hydrogen-bond donors (Lipinski definition) is 2. The van der Waals surface area contributed by atoms with E-state index in [1.165, 1.54) is 11.3 Å². The zero-order valence-corrected chi connectivity index (χ0v) is 9.53. The maximum Gasteiger partial charge on any atom is 0.401 e. The molecule has 0 saturated carbocycles. The van der Waals surface area contributed by atoms with Crippen molar-refractivity contribution in [1.82, 2.24) is 15.5 Å². The Labute approximate surface area is 99.7 Å². The van der Waals surface area contributed by atoms with Gasteiger partial charge in [-0.15, -0.1) is 11.3 Å². The summed E-state index contributed by atoms with van der Waals surface area (Å²) in [5, 5.41) is 10.9. The Bertz CT molecular complexity index is 461. The molecule has 92 valence electrons. The number of nitrogens with one attached hydrogen (secondary N) is 2. The molecule has 7 heteroatoms. The van der Waals surface area contributed by atoms with Crippen LogP contribution in [0.3, 0.4) is 0 Å². The molecule has 0 unspecified atom stereocenters. The zero-order chi connectivity index (χ0) is 12.3. The first kappa shape index (κ1) is 12.1. The molecule has 0 aromatic carbocycles. The van der Waals surface area contributed by atoms with Gasteiger partial charge in [-0.25, -0.2) is 0 Å². The Morgan fingerprint density at radius 1 is 1.41 bits per heavy atom. The van der Waals surface area contributed by atoms with Crippen LogP contribution in [0.15, 0.2) is 23.7 Å². The minimum Gasteiger partial charge on any atom is -0.304 e. The van der Waals surface area contributed by atoms with Gasteiger partial charge in [-0.2, -0.15) is 18.3 Å². The van der Waals surface area contributed by atoms with Gasteiger partial charge in [0.25, 0.3) is 0 Å². The van der Waals surface area contributed by atoms with Crippen molar-refractivity contribution in [2.75, 3.05) is 6.54 Å². The highest BCUT2D eigenvalue weighted by atomic mass is 32.1. The zero-order valence-electron chi connectivity index (χ0n) is 8.71. The summed E-state index contributed by atoms with van der Waals surface area (Å²) in [5.74, 6) is 0. The minimum absolute atomic E-state index is 0.142. The highest BCUT2D eigenvalue weighted by Crippen LogP contribution is 2.25. The summed E-state index contributed by atoms with van der Waals surface area (Å²) in [6.07, 6.45) is -2.65. The Morgan fingerprint density at radius 2 is 2.24 bits per heavy atom. The molecule has 0 saturated heterocycles. The molecule has 2 aromatic heterocycles. The smallest absolute Gasteiger partial charge is 0.304 e. The molecule has 0 spiro atoms. The van der Waals surface area contributed by atoms with E-state index < -0.39 is 12.7 Å². The first-order valence-corrected chi connectivity index (χ1v) is 5.78. The average molecular weight is 261 g/mol. The Kier molecular flexibility index (Phi) is 3.49. The van der Waals surface area contributed by atoms with Gasteiger partial charge < -0.3 is 5.32 Å². The number of hydrogen-bond acceptors (Lipinski definition) is 3. The summed E-state index contributed by atoms with van der Waals surface area (Å²) in [6.45, 7) is -0.856. The quantitative estimate of drug-likeness (QED) is 0.888. The topological polar surface area (TPSA) is 40.7 Å². The summed E-state index contributed by atoms with van der Waals surface area (Å²) < 4.78 is 35.9. The largest absolute Gasteiger partial charge is 0.401 e. The van der Waals surface area contributed by atoms with E-state index in [0.717, 1.165) is 16.1 Å². The lowest BCUT2D eigenvalue weighted by atomic mass is 10.2. The van der Waals surface area contributed by atoms with Crippen molar-refractivity contribution in [3.05, 3.63) is 29.3 Å². The van der Waals surface area contributed by atoms with Gasteiger partial charge in [-0.3, -0.25) is 5.10 Å². The van der Waals surface area contributed by atoms with E-state index >= 15 is 0 Å². The van der Waals surface area contributed by atoms with Gasteiger partial charge in [0.2, 0.25) is 0 Å². The second-order valence-electron chi connectivity index (χ2n) is 3.47. The van der Waals surface area contributed by atoms with E-state index in [9.17, 15) is 13.2 Å². The van der Waals surface area contributed by atoms with Gasteiger partial charge in [0.15, 0.2) is 0 Å². The van der Waals surface area contributed by atoms with Crippen molar-refractivity contribution in [1.29, 1.82) is 0 Å². The van der Waals surface area contributed by atoms with Gasteiger partial charge in [-0.1, -0.05) is 6.07 Å². The monoisotopic (exact) mass is 261 g/mol. The Hall–Kier alpha value is -1.34. The lowest BCUT2D eigenvalue weighted by Crippen LogP contribution is -2.28. The molecule has 2 heterocycles. The Balaban J connectivity index is 2.01. The van der Waals surface area contributed by atoms with Crippen LogP contribution in [0.25, 0.3) is 10.6 Å². The second kappa shape index (κ2) is 4.89. The van der Waals surface area contributed by atoms with Crippen LogP contribution in [-0.4, -0.2) is 22.9 Å². The van der Waals surface area contributed by atoms with E-state index in [0.29, 0.717) is 0 Å². The van der Waals surface area contributed by atoms with E-state index in [-0.39, 0.29) is 6.54 Å². The molecule has 0 atom stereocenters. The molecule has 0 bridgehead atoms. The molecule has 0 fully saturated rings. The van der Waals surface area contributed by atoms with E-state index in [1.54, 1.807) is 6.20 Å². The standard InChI is InChI=1S/C10H10F3N3S/c11-10(12,13)6-14-4-7-5-15-16-9(7)8-2-1-3-17-8/h1-3,5,14H,4,6H2,(H,15,16). The number of aromatic amines is 1. The summed E-state index contributed by atoms with van der Waals surface area (Å²) in [6, 6.07) is 3.78. The van der Waals surface area contributed by atoms with Crippen LogP contribution < -0.4 is 5.32 Å². The van der Waals surface area contributed by atoms with Crippen molar-refractivity contribution in [3.63, 3.8) is 0 Å². The van der Waals surface area contributed by atoms with Crippen LogP contribution in [0, 0.1) is 0 Å². The number of H-pyrrole nitrogens is 1. The fourth-order valence-electron chi connectivity index (χ4n) is 1.42. The van der Waals surface area contributed by atoms with Crippen LogP contribution in [0.2, 0.25) is 0 Å². The van der Waals surface area contributed by atoms with E-state index in [1.807, 2.05) is 17.5 Å². The maximum absolute atomic E-state index is 12.0. The van der Waals surface area contributed by atoms with Gasteiger partial charge in [0.1, 0.15) is 0 Å². The number of rotatable bonds is 4. The summed E-state index contributed by atoms with van der Waals surface area (Å²) in [4.78, 5) is 0.964. The van der Waals surface area contributed by atoms with E-state index in [2.05, 4.69) is 15.5 Å². The first-order valence-electron chi connectivity index (χ1n) is 4.90. The predicted octanol–water partition coefficient (Wildman–Crippen LogP) is 2.79. The molecule has 0 aliphatic rings. The molecule has 0 aliphatic heterocycles. The van der Waals surface area contributed by atoms with Gasteiger partial charge in [0, 0.05) is 12.1 Å². The van der Waals surface area contributed by atoms with Crippen LogP contribution in [-0.2, 0) is 6.54 Å². The second-order valence-corrected chi connectivity index (χ2v) is 4.41. The highest BCUT2D eigenvalue weighted by Gasteiger charge is 2.26. The number of thiophene rings is 1. The summed E-state index contributed by atoms with van der Waals surface area (Å²) in [5.41, 5.74) is 1.51. The molecule has 0 radical (unpaired) electrons. The van der Waals surface area contributed by atoms with Crippen LogP contribution in [0.1, 0.15) is 5.56 Å². The molecular formula is C10H10F3N3S. The molecule has 2 N–H and O–H groups in total. The average Bonchev–Trinajstić information content (AvgIpc) is 2.82. The number of halogens is 3. The summed E-state index contributed by atoms with van der Waals surface area (Å²) in [7, 11) is 0. The fraction of sp³-hybridized carbons (Fsp3) is 0.300. The predicted molar refractivity (Wildman–Crippen MR) is 59.7 cm³/mol. The number of alkyl halides is 3. The third-order valence-corrected chi connectivity index (χ3v) is 3.01. The van der Waals surface area contributed by atoms with Gasteiger partial charge >= 0.3 is 6.18 Å². The molecule has 0 aliphatic carbocycles. The third kappa shape index (κ3) is 3.31. The lowest BCUT2D eigenvalue weighted by Gasteiger charge is -2.07. The van der Waals surface area contributed by atoms with Crippen molar-refractivity contribution in [3.8, 4) is 10.6 Å². The fourth-order valence-corrected chi connectivity index (χ4v) is 2.17. The van der Waals surface area contributed by atoms with Gasteiger partial charge in [-0.05, 0) is 11.4 Å². The maximum atomic E-state index is 12.0. The van der Waals surface area contributed by atoms with Crippen molar-refractivity contribution in [2.24, 2.45) is 0 Å². The minimum atomic E-state index is -4.19. The lowest BCUT2D eigenvalue weighted by molar-refractivity contribution is -0.125. The molecule has 3 nitrogen and oxygen atoms in total. The Morgan fingerprint density at radius 3 is 2.88 bits per heavy atom. The van der Waals surface area contributed by atoms with E-state index in [4.69, 9.17) is 0 Å². The van der Waals surface area contributed by atoms with Crippen LogP contribution in [0.4, 0.5) is 13.2 Å². The SMILES string of the molecule is FC(F)(F)CNCc1cn[nH]c1-c1cccs1.